The Kier molecular flexibility index (Phi) is 6.27. The van der Waals surface area contributed by atoms with Gasteiger partial charge in [-0.1, -0.05) is 54.1 Å². The van der Waals surface area contributed by atoms with Crippen molar-refractivity contribution in [2.45, 2.75) is 25.0 Å². The minimum absolute atomic E-state index is 0.0724. The quantitative estimate of drug-likeness (QED) is 0.602. The molecule has 0 saturated carbocycles. The molecule has 5 nitrogen and oxygen atoms in total. The number of hydrogen-bond donors (Lipinski definition) is 2. The van der Waals surface area contributed by atoms with Crippen LogP contribution in [0.25, 0.3) is 0 Å². The molecule has 1 aliphatic rings. The fraction of sp³-hybridized carbons (Fsp3) is 0.350. The molecule has 1 saturated heterocycles. The van der Waals surface area contributed by atoms with Crippen molar-refractivity contribution in [2.24, 2.45) is 0 Å². The highest BCUT2D eigenvalue weighted by Crippen LogP contribution is 2.24. The maximum absolute atomic E-state index is 12.6. The average molecular weight is 375 g/mol. The molecule has 2 unspecified atom stereocenters. The zero-order valence-electron chi connectivity index (χ0n) is 14.5. The van der Waals surface area contributed by atoms with E-state index in [0.29, 0.717) is 24.5 Å². The molecular weight excluding hydrogens is 352 g/mol. The lowest BCUT2D eigenvalue weighted by Crippen LogP contribution is -2.40. The van der Waals surface area contributed by atoms with Gasteiger partial charge in [0.1, 0.15) is 0 Å². The number of likely N-dealkylation sites (tertiary alicyclic amines) is 1. The number of nitrogens with zero attached hydrogens (tertiary/aromatic N) is 2. The lowest BCUT2D eigenvalue weighted by molar-refractivity contribution is -0.177. The second kappa shape index (κ2) is 8.64. The molecule has 2 atom stereocenters. The summed E-state index contributed by atoms with van der Waals surface area (Å²) in [5, 5.41) is 21.8. The van der Waals surface area contributed by atoms with Crippen LogP contribution in [-0.4, -0.2) is 51.9 Å². The molecule has 1 fully saturated rings. The van der Waals surface area contributed by atoms with Gasteiger partial charge < -0.3 is 5.11 Å². The highest BCUT2D eigenvalue weighted by atomic mass is 35.5. The first-order chi connectivity index (χ1) is 12.5. The number of aliphatic hydroxyl groups is 1. The van der Waals surface area contributed by atoms with Gasteiger partial charge in [0.2, 0.25) is 0 Å². The van der Waals surface area contributed by atoms with Crippen LogP contribution in [0, 0.1) is 0 Å². The van der Waals surface area contributed by atoms with Crippen molar-refractivity contribution in [2.75, 3.05) is 19.6 Å². The Morgan fingerprint density at radius 3 is 2.65 bits per heavy atom. The van der Waals surface area contributed by atoms with Gasteiger partial charge >= 0.3 is 0 Å². The molecule has 2 N–H and O–H groups in total. The van der Waals surface area contributed by atoms with Gasteiger partial charge in [-0.2, -0.15) is 0 Å². The molecule has 1 heterocycles. The summed E-state index contributed by atoms with van der Waals surface area (Å²) in [5.41, 5.74) is 1.61. The summed E-state index contributed by atoms with van der Waals surface area (Å²) in [5.74, 6) is -0.388. The molecule has 3 rings (SSSR count). The Bertz CT molecular complexity index is 741. The summed E-state index contributed by atoms with van der Waals surface area (Å²) < 4.78 is 0. The van der Waals surface area contributed by atoms with E-state index in [-0.39, 0.29) is 18.4 Å². The predicted octanol–water partition coefficient (Wildman–Crippen LogP) is 2.91. The standard InChI is InChI=1S/C20H23ClN2O3/c21-17-8-4-5-15(11-17)12-20(25)23(26)19(16-6-2-1-3-7-16)14-22-10-9-18(24)13-22/h1-8,11,18-19,24,26H,9-10,12-14H2. The highest BCUT2D eigenvalue weighted by Gasteiger charge is 2.29. The first-order valence-electron chi connectivity index (χ1n) is 8.73. The van der Waals surface area contributed by atoms with E-state index in [1.54, 1.807) is 18.2 Å². The normalized spacial score (nSPS) is 18.7. The van der Waals surface area contributed by atoms with Crippen LogP contribution in [-0.2, 0) is 11.2 Å². The van der Waals surface area contributed by atoms with E-state index < -0.39 is 6.04 Å². The SMILES string of the molecule is O=C(Cc1cccc(Cl)c1)N(O)C(CN1CCC(O)C1)c1ccccc1. The summed E-state index contributed by atoms with van der Waals surface area (Å²) in [6, 6.07) is 16.0. The van der Waals surface area contributed by atoms with Crippen molar-refractivity contribution in [3.63, 3.8) is 0 Å². The van der Waals surface area contributed by atoms with Gasteiger partial charge in [0.05, 0.1) is 18.6 Å². The van der Waals surface area contributed by atoms with Crippen molar-refractivity contribution >= 4 is 17.5 Å². The largest absolute Gasteiger partial charge is 0.392 e. The first kappa shape index (κ1) is 18.9. The number of benzene rings is 2. The third-order valence-electron chi connectivity index (χ3n) is 4.66. The van der Waals surface area contributed by atoms with E-state index >= 15 is 0 Å². The van der Waals surface area contributed by atoms with E-state index in [1.165, 1.54) is 0 Å². The highest BCUT2D eigenvalue weighted by molar-refractivity contribution is 6.30. The van der Waals surface area contributed by atoms with Crippen molar-refractivity contribution in [3.8, 4) is 0 Å². The zero-order valence-corrected chi connectivity index (χ0v) is 15.2. The number of amides is 1. The van der Waals surface area contributed by atoms with Gasteiger partial charge in [0, 0.05) is 24.7 Å². The maximum atomic E-state index is 12.6. The second-order valence-corrected chi connectivity index (χ2v) is 7.11. The van der Waals surface area contributed by atoms with Gasteiger partial charge in [-0.25, -0.2) is 5.06 Å². The molecule has 1 aliphatic heterocycles. The van der Waals surface area contributed by atoms with Crippen LogP contribution in [0.4, 0.5) is 0 Å². The summed E-state index contributed by atoms with van der Waals surface area (Å²) in [6.07, 6.45) is 0.438. The number of hydrogen-bond acceptors (Lipinski definition) is 4. The smallest absolute Gasteiger partial charge is 0.250 e. The van der Waals surface area contributed by atoms with Gasteiger partial charge in [0.25, 0.3) is 5.91 Å². The van der Waals surface area contributed by atoms with E-state index in [4.69, 9.17) is 11.6 Å². The Hall–Kier alpha value is -1.92. The van der Waals surface area contributed by atoms with Gasteiger partial charge in [0.15, 0.2) is 0 Å². The zero-order chi connectivity index (χ0) is 18.5. The van der Waals surface area contributed by atoms with E-state index in [2.05, 4.69) is 4.90 Å². The molecule has 0 aliphatic carbocycles. The summed E-state index contributed by atoms with van der Waals surface area (Å²) >= 11 is 5.98. The molecular formula is C20H23ClN2O3. The molecule has 6 heteroatoms. The Morgan fingerprint density at radius 1 is 1.23 bits per heavy atom. The molecule has 1 amide bonds. The fourth-order valence-electron chi connectivity index (χ4n) is 3.30. The molecule has 2 aromatic rings. The van der Waals surface area contributed by atoms with Crippen molar-refractivity contribution in [1.29, 1.82) is 0 Å². The molecule has 2 aromatic carbocycles. The molecule has 0 aromatic heterocycles. The summed E-state index contributed by atoms with van der Waals surface area (Å²) in [4.78, 5) is 14.7. The monoisotopic (exact) mass is 374 g/mol. The maximum Gasteiger partial charge on any atom is 0.250 e. The molecule has 0 radical (unpaired) electrons. The van der Waals surface area contributed by atoms with E-state index in [9.17, 15) is 15.1 Å². The minimum Gasteiger partial charge on any atom is -0.392 e. The van der Waals surface area contributed by atoms with Crippen LogP contribution in [0.3, 0.4) is 0 Å². The molecule has 0 bridgehead atoms. The number of carbonyl (C=O) groups is 1. The number of carbonyl (C=O) groups excluding carboxylic acids is 1. The van der Waals surface area contributed by atoms with Gasteiger partial charge in [-0.05, 0) is 29.7 Å². The van der Waals surface area contributed by atoms with Crippen LogP contribution in [0.15, 0.2) is 54.6 Å². The van der Waals surface area contributed by atoms with Crippen LogP contribution in [0.1, 0.15) is 23.6 Å². The average Bonchev–Trinajstić information content (AvgIpc) is 3.05. The number of halogens is 1. The number of β-amino-alcohol motifs (C(OH)–C–C–N with tert-alkyl or cyclic N) is 1. The number of aliphatic hydroxyl groups excluding tert-OH is 1. The minimum atomic E-state index is -0.492. The van der Waals surface area contributed by atoms with Crippen LogP contribution in [0.5, 0.6) is 0 Å². The summed E-state index contributed by atoms with van der Waals surface area (Å²) in [7, 11) is 0. The molecule has 26 heavy (non-hydrogen) atoms. The Morgan fingerprint density at radius 2 is 2.00 bits per heavy atom. The Balaban J connectivity index is 1.75. The summed E-state index contributed by atoms with van der Waals surface area (Å²) in [6.45, 7) is 1.78. The molecule has 0 spiro atoms. The molecule has 138 valence electrons. The first-order valence-corrected chi connectivity index (χ1v) is 9.11. The third kappa shape index (κ3) is 4.83. The number of rotatable bonds is 6. The van der Waals surface area contributed by atoms with Crippen molar-refractivity contribution in [1.82, 2.24) is 9.96 Å². The van der Waals surface area contributed by atoms with E-state index in [1.807, 2.05) is 36.4 Å². The van der Waals surface area contributed by atoms with Gasteiger partial charge in [-0.15, -0.1) is 0 Å². The number of hydroxylamine groups is 2. The lowest BCUT2D eigenvalue weighted by Gasteiger charge is -2.30. The van der Waals surface area contributed by atoms with Crippen LogP contribution in [0.2, 0.25) is 5.02 Å². The van der Waals surface area contributed by atoms with Gasteiger partial charge in [-0.3, -0.25) is 14.9 Å². The lowest BCUT2D eigenvalue weighted by atomic mass is 10.0. The second-order valence-electron chi connectivity index (χ2n) is 6.67. The van der Waals surface area contributed by atoms with Crippen LogP contribution >= 0.6 is 11.6 Å². The van der Waals surface area contributed by atoms with Crippen molar-refractivity contribution < 1.29 is 15.1 Å². The topological polar surface area (TPSA) is 64.0 Å². The Labute approximate surface area is 158 Å². The van der Waals surface area contributed by atoms with Crippen molar-refractivity contribution in [3.05, 3.63) is 70.7 Å². The third-order valence-corrected chi connectivity index (χ3v) is 4.89. The van der Waals surface area contributed by atoms with E-state index in [0.717, 1.165) is 22.7 Å². The fourth-order valence-corrected chi connectivity index (χ4v) is 3.51. The predicted molar refractivity (Wildman–Crippen MR) is 100 cm³/mol. The van der Waals surface area contributed by atoms with Crippen LogP contribution < -0.4 is 0 Å².